The van der Waals surface area contributed by atoms with Crippen molar-refractivity contribution in [3.8, 4) is 22.4 Å². The number of hydrogen-bond donors (Lipinski definition) is 2. The summed E-state index contributed by atoms with van der Waals surface area (Å²) in [7, 11) is 3.43. The lowest BCUT2D eigenvalue weighted by Gasteiger charge is -2.29. The molecule has 5 rings (SSSR count). The van der Waals surface area contributed by atoms with Gasteiger partial charge in [0, 0.05) is 49.3 Å². The van der Waals surface area contributed by atoms with Gasteiger partial charge in [0.05, 0.1) is 11.9 Å². The van der Waals surface area contributed by atoms with Gasteiger partial charge < -0.3 is 10.2 Å². The van der Waals surface area contributed by atoms with Gasteiger partial charge in [-0.1, -0.05) is 18.2 Å². The quantitative estimate of drug-likeness (QED) is 0.581. The van der Waals surface area contributed by atoms with Gasteiger partial charge >= 0.3 is 0 Å². The number of carbonyl (C=O) groups excluding carboxylic acids is 4. The van der Waals surface area contributed by atoms with Crippen molar-refractivity contribution in [3.63, 3.8) is 0 Å². The average molecular weight is 457 g/mol. The Hall–Kier alpha value is -4.27. The maximum absolute atomic E-state index is 13.0. The molecular weight excluding hydrogens is 434 g/mol. The van der Waals surface area contributed by atoms with Gasteiger partial charge in [-0.15, -0.1) is 0 Å². The third-order valence-electron chi connectivity index (χ3n) is 6.40. The molecule has 2 aliphatic rings. The van der Waals surface area contributed by atoms with E-state index in [9.17, 15) is 19.2 Å². The van der Waals surface area contributed by atoms with Crippen LogP contribution in [0.1, 0.15) is 39.1 Å². The van der Waals surface area contributed by atoms with E-state index in [1.54, 1.807) is 30.1 Å². The van der Waals surface area contributed by atoms with Crippen LogP contribution >= 0.6 is 0 Å². The highest BCUT2D eigenvalue weighted by Crippen LogP contribution is 2.35. The number of rotatable bonds is 4. The molecule has 1 atom stereocenters. The number of amides is 4. The zero-order valence-electron chi connectivity index (χ0n) is 18.8. The minimum Gasteiger partial charge on any atom is -0.355 e. The van der Waals surface area contributed by atoms with Crippen LogP contribution < -0.4 is 10.6 Å². The molecule has 1 aromatic heterocycles. The summed E-state index contributed by atoms with van der Waals surface area (Å²) in [4.78, 5) is 50.5. The number of fused-ring (bicyclic) bond motifs is 1. The van der Waals surface area contributed by atoms with E-state index >= 15 is 0 Å². The second-order valence-corrected chi connectivity index (χ2v) is 8.46. The summed E-state index contributed by atoms with van der Waals surface area (Å²) in [5, 5.41) is 9.40. The minimum absolute atomic E-state index is 0.171. The zero-order chi connectivity index (χ0) is 24.0. The molecule has 3 heterocycles. The molecule has 9 nitrogen and oxygen atoms in total. The summed E-state index contributed by atoms with van der Waals surface area (Å²) in [5.41, 5.74) is 5.36. The molecule has 0 aliphatic carbocycles. The van der Waals surface area contributed by atoms with Crippen LogP contribution in [0.15, 0.2) is 48.7 Å². The molecule has 34 heavy (non-hydrogen) atoms. The lowest BCUT2D eigenvalue weighted by atomic mass is 9.97. The first-order valence-electron chi connectivity index (χ1n) is 11.0. The van der Waals surface area contributed by atoms with E-state index in [2.05, 4.69) is 15.7 Å². The molecule has 172 valence electrons. The second kappa shape index (κ2) is 8.26. The molecule has 2 aliphatic heterocycles. The third-order valence-corrected chi connectivity index (χ3v) is 6.40. The Labute approximate surface area is 195 Å². The maximum atomic E-state index is 13.0. The summed E-state index contributed by atoms with van der Waals surface area (Å²) in [6, 6.07) is 12.3. The molecule has 0 bridgehead atoms. The van der Waals surface area contributed by atoms with Crippen LogP contribution in [0.25, 0.3) is 22.4 Å². The van der Waals surface area contributed by atoms with Crippen molar-refractivity contribution in [1.82, 2.24) is 25.3 Å². The van der Waals surface area contributed by atoms with E-state index in [4.69, 9.17) is 0 Å². The highest BCUT2D eigenvalue weighted by atomic mass is 16.2. The number of carbonyl (C=O) groups is 4. The maximum Gasteiger partial charge on any atom is 0.255 e. The first-order chi connectivity index (χ1) is 16.4. The Morgan fingerprint density at radius 3 is 2.68 bits per heavy atom. The standard InChI is InChI=1S/C25H23N5O4/c1-26-23(32)16-5-3-4-15(11-16)22-19(12-27-29(22)2)14-6-7-18-17(10-14)13-30(25(18)34)20-8-9-21(31)28-24(20)33/h3-7,10-12,20H,8-9,13H2,1-2H3,(H,26,32)(H,28,31,33). The number of piperidine rings is 1. The number of imide groups is 1. The number of aryl methyl sites for hydroxylation is 1. The normalized spacial score (nSPS) is 17.5. The number of benzene rings is 2. The van der Waals surface area contributed by atoms with Gasteiger partial charge in [0.1, 0.15) is 6.04 Å². The first-order valence-corrected chi connectivity index (χ1v) is 11.0. The van der Waals surface area contributed by atoms with E-state index in [-0.39, 0.29) is 24.1 Å². The SMILES string of the molecule is CNC(=O)c1cccc(-c2c(-c3ccc4c(c3)CN(C3CCC(=O)NC3=O)C4=O)cnn2C)c1. The fourth-order valence-electron chi connectivity index (χ4n) is 4.69. The van der Waals surface area contributed by atoms with E-state index in [0.29, 0.717) is 24.1 Å². The van der Waals surface area contributed by atoms with Crippen molar-refractivity contribution in [2.45, 2.75) is 25.4 Å². The summed E-state index contributed by atoms with van der Waals surface area (Å²) < 4.78 is 1.76. The van der Waals surface area contributed by atoms with Crippen molar-refractivity contribution in [1.29, 1.82) is 0 Å². The molecule has 1 saturated heterocycles. The van der Waals surface area contributed by atoms with Gasteiger partial charge in [-0.2, -0.15) is 5.10 Å². The first kappa shape index (κ1) is 21.6. The summed E-state index contributed by atoms with van der Waals surface area (Å²) >= 11 is 0. The smallest absolute Gasteiger partial charge is 0.255 e. The van der Waals surface area contributed by atoms with Crippen molar-refractivity contribution >= 4 is 23.6 Å². The Kier molecular flexibility index (Phi) is 5.24. The Bertz CT molecular complexity index is 1360. The number of aromatic nitrogens is 2. The molecule has 0 saturated carbocycles. The predicted octanol–water partition coefficient (Wildman–Crippen LogP) is 1.87. The third kappa shape index (κ3) is 3.55. The van der Waals surface area contributed by atoms with E-state index in [1.807, 2.05) is 37.4 Å². The van der Waals surface area contributed by atoms with E-state index in [0.717, 1.165) is 27.9 Å². The predicted molar refractivity (Wildman–Crippen MR) is 124 cm³/mol. The zero-order valence-corrected chi connectivity index (χ0v) is 18.8. The van der Waals surface area contributed by atoms with Crippen LogP contribution in [0, 0.1) is 0 Å². The van der Waals surface area contributed by atoms with Crippen LogP contribution in [0.5, 0.6) is 0 Å². The molecule has 2 N–H and O–H groups in total. The number of nitrogens with one attached hydrogen (secondary N) is 2. The van der Waals surface area contributed by atoms with E-state index < -0.39 is 11.9 Å². The van der Waals surface area contributed by atoms with Crippen LogP contribution in [0.4, 0.5) is 0 Å². The Balaban J connectivity index is 1.49. The molecule has 3 aromatic rings. The topological polar surface area (TPSA) is 113 Å². The van der Waals surface area contributed by atoms with E-state index in [1.165, 1.54) is 4.90 Å². The lowest BCUT2D eigenvalue weighted by molar-refractivity contribution is -0.136. The van der Waals surface area contributed by atoms with Gasteiger partial charge in [0.15, 0.2) is 0 Å². The van der Waals surface area contributed by atoms with Crippen LogP contribution in [-0.4, -0.2) is 51.4 Å². The highest BCUT2D eigenvalue weighted by molar-refractivity contribution is 6.05. The van der Waals surface area contributed by atoms with Gasteiger partial charge in [-0.3, -0.25) is 29.2 Å². The molecule has 2 aromatic carbocycles. The van der Waals surface area contributed by atoms with Crippen LogP contribution in [0.2, 0.25) is 0 Å². The molecule has 1 unspecified atom stereocenters. The van der Waals surface area contributed by atoms with Crippen LogP contribution in [-0.2, 0) is 23.2 Å². The van der Waals surface area contributed by atoms with Crippen molar-refractivity contribution < 1.29 is 19.2 Å². The van der Waals surface area contributed by atoms with Crippen molar-refractivity contribution in [2.24, 2.45) is 7.05 Å². The number of nitrogens with zero attached hydrogens (tertiary/aromatic N) is 3. The molecule has 1 fully saturated rings. The lowest BCUT2D eigenvalue weighted by Crippen LogP contribution is -2.52. The average Bonchev–Trinajstić information content (AvgIpc) is 3.38. The van der Waals surface area contributed by atoms with Gasteiger partial charge in [-0.05, 0) is 41.8 Å². The Morgan fingerprint density at radius 2 is 1.91 bits per heavy atom. The van der Waals surface area contributed by atoms with Gasteiger partial charge in [0.25, 0.3) is 11.8 Å². The van der Waals surface area contributed by atoms with Gasteiger partial charge in [-0.25, -0.2) is 0 Å². The molecule has 0 spiro atoms. The number of hydrogen-bond acceptors (Lipinski definition) is 5. The molecular formula is C25H23N5O4. The molecule has 0 radical (unpaired) electrons. The fraction of sp³-hybridized carbons (Fsp3) is 0.240. The van der Waals surface area contributed by atoms with Crippen LogP contribution in [0.3, 0.4) is 0 Å². The largest absolute Gasteiger partial charge is 0.355 e. The summed E-state index contributed by atoms with van der Waals surface area (Å²) in [5.74, 6) is -1.11. The fourth-order valence-corrected chi connectivity index (χ4v) is 4.69. The summed E-state index contributed by atoms with van der Waals surface area (Å²) in [6.45, 7) is 0.302. The monoisotopic (exact) mass is 457 g/mol. The summed E-state index contributed by atoms with van der Waals surface area (Å²) in [6.07, 6.45) is 2.31. The van der Waals surface area contributed by atoms with Crippen molar-refractivity contribution in [2.75, 3.05) is 7.05 Å². The second-order valence-electron chi connectivity index (χ2n) is 8.46. The van der Waals surface area contributed by atoms with Gasteiger partial charge in [0.2, 0.25) is 11.8 Å². The molecule has 4 amide bonds. The van der Waals surface area contributed by atoms with Crippen molar-refractivity contribution in [3.05, 3.63) is 65.4 Å². The molecule has 9 heteroatoms. The highest BCUT2D eigenvalue weighted by Gasteiger charge is 2.39. The minimum atomic E-state index is -0.651. The Morgan fingerprint density at radius 1 is 1.09 bits per heavy atom.